The lowest BCUT2D eigenvalue weighted by molar-refractivity contribution is -0.498. The molecule has 2 amide bonds. The number of nitrogens with one attached hydrogen (secondary N) is 1. The number of carbonyl (C=O) groups excluding carboxylic acids is 1. The Morgan fingerprint density at radius 1 is 1.16 bits per heavy atom. The normalized spacial score (nSPS) is 29.4. The van der Waals surface area contributed by atoms with Crippen molar-refractivity contribution in [2.75, 3.05) is 11.9 Å². The summed E-state index contributed by atoms with van der Waals surface area (Å²) in [5.41, 5.74) is 5.40. The highest BCUT2D eigenvalue weighted by molar-refractivity contribution is 5.87. The predicted molar refractivity (Wildman–Crippen MR) is 78.3 cm³/mol. The maximum Gasteiger partial charge on any atom is 0.316 e. The van der Waals surface area contributed by atoms with E-state index in [1.54, 1.807) is 0 Å². The Labute approximate surface area is 141 Å². The number of anilines is 1. The van der Waals surface area contributed by atoms with Gasteiger partial charge in [-0.05, 0) is 24.3 Å². The van der Waals surface area contributed by atoms with Gasteiger partial charge in [0.1, 0.15) is 36.8 Å². The highest BCUT2D eigenvalue weighted by Crippen LogP contribution is 2.25. The molecule has 0 spiro atoms. The van der Waals surface area contributed by atoms with Crippen molar-refractivity contribution in [3.05, 3.63) is 24.3 Å². The van der Waals surface area contributed by atoms with E-state index in [0.717, 1.165) is 0 Å². The number of carbonyl (C=O) groups is 1. The van der Waals surface area contributed by atoms with Crippen LogP contribution in [0.2, 0.25) is 0 Å². The third kappa shape index (κ3) is 5.22. The van der Waals surface area contributed by atoms with Gasteiger partial charge in [0.15, 0.2) is 0 Å². The molecule has 1 aliphatic heterocycles. The number of rotatable bonds is 6. The van der Waals surface area contributed by atoms with E-state index in [4.69, 9.17) is 25.6 Å². The highest BCUT2D eigenvalue weighted by atomic mass is 17.1. The van der Waals surface area contributed by atoms with Crippen LogP contribution >= 0.6 is 0 Å². The van der Waals surface area contributed by atoms with Gasteiger partial charge in [-0.15, -0.1) is 0 Å². The first-order chi connectivity index (χ1) is 11.8. The molecule has 2 rings (SSSR count). The van der Waals surface area contributed by atoms with Gasteiger partial charge in [0.25, 0.3) is 0 Å². The first-order valence-corrected chi connectivity index (χ1v) is 7.11. The van der Waals surface area contributed by atoms with Crippen molar-refractivity contribution < 1.29 is 44.8 Å². The summed E-state index contributed by atoms with van der Waals surface area (Å²) in [6.07, 6.45) is -7.31. The van der Waals surface area contributed by atoms with Crippen molar-refractivity contribution in [3.8, 4) is 5.75 Å². The first kappa shape index (κ1) is 19.3. The monoisotopic (exact) mass is 361 g/mol. The fourth-order valence-corrected chi connectivity index (χ4v) is 2.18. The molecule has 3 unspecified atom stereocenters. The zero-order valence-electron chi connectivity index (χ0n) is 12.8. The SMILES string of the molecule is NC(=O)Nc1ccc(O[C@H]2OC(CON(O)O)[C@@H](O)C(O)C2O)cc1. The minimum atomic E-state index is -1.62. The number of amides is 2. The lowest BCUT2D eigenvalue weighted by atomic mass is 9.99. The zero-order chi connectivity index (χ0) is 18.6. The number of ether oxygens (including phenoxy) is 2. The minimum Gasteiger partial charge on any atom is -0.462 e. The third-order valence-electron chi connectivity index (χ3n) is 3.40. The van der Waals surface area contributed by atoms with Crippen LogP contribution < -0.4 is 15.8 Å². The summed E-state index contributed by atoms with van der Waals surface area (Å²) in [5, 5.41) is 48.5. The number of urea groups is 1. The number of hydrogen-bond acceptors (Lipinski definition) is 10. The molecule has 5 atom stereocenters. The predicted octanol–water partition coefficient (Wildman–Crippen LogP) is -1.62. The van der Waals surface area contributed by atoms with Crippen molar-refractivity contribution in [1.82, 2.24) is 5.39 Å². The number of benzene rings is 1. The average molecular weight is 361 g/mol. The molecule has 1 aromatic carbocycles. The minimum absolute atomic E-state index is 0.230. The van der Waals surface area contributed by atoms with Crippen molar-refractivity contribution in [3.63, 3.8) is 0 Å². The quantitative estimate of drug-likeness (QED) is 0.290. The van der Waals surface area contributed by atoms with Crippen LogP contribution in [-0.2, 0) is 9.57 Å². The number of hydrogen-bond donors (Lipinski definition) is 7. The van der Waals surface area contributed by atoms with Crippen molar-refractivity contribution in [2.45, 2.75) is 30.7 Å². The van der Waals surface area contributed by atoms with E-state index in [0.29, 0.717) is 5.69 Å². The molecule has 12 heteroatoms. The fraction of sp³-hybridized carbons (Fsp3) is 0.462. The molecule has 25 heavy (non-hydrogen) atoms. The van der Waals surface area contributed by atoms with Gasteiger partial charge in [0.2, 0.25) is 6.29 Å². The van der Waals surface area contributed by atoms with Crippen LogP contribution in [0.15, 0.2) is 24.3 Å². The maximum absolute atomic E-state index is 10.8. The molecule has 1 fully saturated rings. The van der Waals surface area contributed by atoms with E-state index >= 15 is 0 Å². The summed E-state index contributed by atoms with van der Waals surface area (Å²) >= 11 is 0. The second kappa shape index (κ2) is 8.37. The first-order valence-electron chi connectivity index (χ1n) is 7.11. The lowest BCUT2D eigenvalue weighted by Crippen LogP contribution is -2.60. The smallest absolute Gasteiger partial charge is 0.316 e. The largest absolute Gasteiger partial charge is 0.462 e. The van der Waals surface area contributed by atoms with Crippen molar-refractivity contribution in [1.29, 1.82) is 0 Å². The number of primary amides is 1. The molecular formula is C13H19N3O9. The molecule has 0 aromatic heterocycles. The van der Waals surface area contributed by atoms with Gasteiger partial charge in [-0.1, -0.05) is 0 Å². The van der Waals surface area contributed by atoms with Crippen molar-refractivity contribution >= 4 is 11.7 Å². The molecule has 140 valence electrons. The summed E-state index contributed by atoms with van der Waals surface area (Å²) in [6.45, 7) is -0.528. The van der Waals surface area contributed by atoms with Crippen LogP contribution in [0.5, 0.6) is 5.75 Å². The highest BCUT2D eigenvalue weighted by Gasteiger charge is 2.45. The number of aliphatic hydroxyl groups excluding tert-OH is 3. The zero-order valence-corrected chi connectivity index (χ0v) is 12.8. The summed E-state index contributed by atoms with van der Waals surface area (Å²) in [7, 11) is 0. The van der Waals surface area contributed by atoms with Crippen LogP contribution in [0, 0.1) is 0 Å². The number of nitrogens with zero attached hydrogens (tertiary/aromatic N) is 1. The Bertz CT molecular complexity index is 570. The van der Waals surface area contributed by atoms with E-state index < -0.39 is 48.7 Å². The summed E-state index contributed by atoms with van der Waals surface area (Å²) in [6, 6.07) is 5.13. The van der Waals surface area contributed by atoms with Gasteiger partial charge in [0, 0.05) is 5.69 Å². The van der Waals surface area contributed by atoms with Gasteiger partial charge < -0.3 is 35.8 Å². The number of aliphatic hydroxyl groups is 3. The van der Waals surface area contributed by atoms with Gasteiger partial charge in [-0.2, -0.15) is 0 Å². The van der Waals surface area contributed by atoms with Crippen LogP contribution in [0.3, 0.4) is 0 Å². The molecule has 1 aliphatic rings. The topological polar surface area (TPSA) is 187 Å². The standard InChI is InChI=1S/C13H19N3O9/c14-13(20)15-6-1-3-7(4-2-6)24-12-11(19)10(18)9(17)8(25-12)5-23-16(21)22/h1-4,8-12,17-19,21-22H,5H2,(H3,14,15,20)/t8?,9-,10?,11?,12+/m1/s1. The summed E-state index contributed by atoms with van der Waals surface area (Å²) in [4.78, 5) is 15.1. The second-order valence-electron chi connectivity index (χ2n) is 5.19. The Hall–Kier alpha value is -2.03. The van der Waals surface area contributed by atoms with E-state index in [1.165, 1.54) is 24.3 Å². The van der Waals surface area contributed by atoms with E-state index in [-0.39, 0.29) is 5.75 Å². The Kier molecular flexibility index (Phi) is 6.46. The van der Waals surface area contributed by atoms with Crippen LogP contribution in [0.4, 0.5) is 10.5 Å². The van der Waals surface area contributed by atoms with Gasteiger partial charge >= 0.3 is 6.03 Å². The van der Waals surface area contributed by atoms with E-state index in [1.807, 2.05) is 0 Å². The molecule has 0 saturated carbocycles. The van der Waals surface area contributed by atoms with Crippen LogP contribution in [0.25, 0.3) is 0 Å². The molecule has 12 nitrogen and oxygen atoms in total. The average Bonchev–Trinajstić information content (AvgIpc) is 2.55. The number of nitrogens with two attached hydrogens (primary N) is 1. The van der Waals surface area contributed by atoms with E-state index in [9.17, 15) is 20.1 Å². The van der Waals surface area contributed by atoms with Crippen LogP contribution in [-0.4, -0.2) is 74.5 Å². The van der Waals surface area contributed by atoms with E-state index in [2.05, 4.69) is 10.2 Å². The molecule has 1 aromatic rings. The second-order valence-corrected chi connectivity index (χ2v) is 5.19. The summed E-state index contributed by atoms with van der Waals surface area (Å²) in [5.74, 6) is 0.230. The Morgan fingerprint density at radius 2 is 1.80 bits per heavy atom. The van der Waals surface area contributed by atoms with Gasteiger partial charge in [-0.3, -0.25) is 10.4 Å². The Morgan fingerprint density at radius 3 is 2.36 bits per heavy atom. The molecule has 0 bridgehead atoms. The molecule has 1 heterocycles. The molecule has 0 aliphatic carbocycles. The van der Waals surface area contributed by atoms with Gasteiger partial charge in [-0.25, -0.2) is 9.63 Å². The molecule has 8 N–H and O–H groups in total. The summed E-state index contributed by atoms with van der Waals surface area (Å²) < 4.78 is 10.7. The molecular weight excluding hydrogens is 342 g/mol. The molecule has 1 saturated heterocycles. The maximum atomic E-state index is 10.8. The fourth-order valence-electron chi connectivity index (χ4n) is 2.18. The van der Waals surface area contributed by atoms with Gasteiger partial charge in [0.05, 0.1) is 5.39 Å². The van der Waals surface area contributed by atoms with Crippen molar-refractivity contribution in [2.24, 2.45) is 5.73 Å². The van der Waals surface area contributed by atoms with Crippen LogP contribution in [0.1, 0.15) is 0 Å². The third-order valence-corrected chi connectivity index (χ3v) is 3.40. The molecule has 0 radical (unpaired) electrons. The Balaban J connectivity index is 2.02. The lowest BCUT2D eigenvalue weighted by Gasteiger charge is -2.40.